The Kier molecular flexibility index (Phi) is 7.99. The van der Waals surface area contributed by atoms with Gasteiger partial charge in [-0.3, -0.25) is 14.4 Å². The third-order valence-electron chi connectivity index (χ3n) is 5.01. The molecular formula is C23H25Cl2N3O4. The molecule has 0 fully saturated rings. The Morgan fingerprint density at radius 1 is 1.19 bits per heavy atom. The quantitative estimate of drug-likeness (QED) is 0.611. The molecule has 2 aromatic carbocycles. The predicted molar refractivity (Wildman–Crippen MR) is 125 cm³/mol. The van der Waals surface area contributed by atoms with E-state index < -0.39 is 6.10 Å². The molecule has 0 saturated carbocycles. The summed E-state index contributed by atoms with van der Waals surface area (Å²) in [6.45, 7) is 4.12. The van der Waals surface area contributed by atoms with Crippen molar-refractivity contribution in [2.75, 3.05) is 29.9 Å². The lowest BCUT2D eigenvalue weighted by Crippen LogP contribution is -2.46. The summed E-state index contributed by atoms with van der Waals surface area (Å²) in [7, 11) is 0. The molecule has 7 nitrogen and oxygen atoms in total. The monoisotopic (exact) mass is 477 g/mol. The van der Waals surface area contributed by atoms with Gasteiger partial charge in [0.15, 0.2) is 6.10 Å². The number of hydrogen-bond donors (Lipinski definition) is 1. The highest BCUT2D eigenvalue weighted by Gasteiger charge is 2.31. The number of hydrogen-bond acceptors (Lipinski definition) is 4. The van der Waals surface area contributed by atoms with E-state index in [1.54, 1.807) is 36.1 Å². The SMILES string of the molecule is CCCN(CC(=O)Nc1ccc(Cl)cc1Cl)C(=O)CCN1C(=O)C(C)Oc2ccccc21. The first-order valence-corrected chi connectivity index (χ1v) is 11.2. The van der Waals surface area contributed by atoms with Crippen molar-refractivity contribution >= 4 is 52.3 Å². The average molecular weight is 478 g/mol. The number of amides is 3. The second-order valence-electron chi connectivity index (χ2n) is 7.46. The first kappa shape index (κ1) is 23.9. The van der Waals surface area contributed by atoms with E-state index in [9.17, 15) is 14.4 Å². The number of fused-ring (bicyclic) bond motifs is 1. The van der Waals surface area contributed by atoms with E-state index in [2.05, 4.69) is 5.32 Å². The van der Waals surface area contributed by atoms with Crippen LogP contribution in [-0.4, -0.2) is 48.4 Å². The summed E-state index contributed by atoms with van der Waals surface area (Å²) in [6.07, 6.45) is 0.153. The molecule has 0 spiro atoms. The first-order chi connectivity index (χ1) is 15.3. The lowest BCUT2D eigenvalue weighted by atomic mass is 10.1. The van der Waals surface area contributed by atoms with Crippen LogP contribution in [0.25, 0.3) is 0 Å². The van der Waals surface area contributed by atoms with E-state index in [0.717, 1.165) is 0 Å². The second kappa shape index (κ2) is 10.7. The van der Waals surface area contributed by atoms with Gasteiger partial charge in [-0.05, 0) is 43.7 Å². The standard InChI is InChI=1S/C23H25Cl2N3O4/c1-3-11-27(14-21(29)26-18-9-8-16(24)13-17(18)25)22(30)10-12-28-19-6-4-5-7-20(19)32-15(2)23(28)31/h4-9,13,15H,3,10-12,14H2,1-2H3,(H,26,29). The van der Waals surface area contributed by atoms with Gasteiger partial charge in [0, 0.05) is 24.5 Å². The predicted octanol–water partition coefficient (Wildman–Crippen LogP) is 4.37. The molecule has 1 heterocycles. The van der Waals surface area contributed by atoms with Crippen molar-refractivity contribution < 1.29 is 19.1 Å². The summed E-state index contributed by atoms with van der Waals surface area (Å²) in [5.41, 5.74) is 1.06. The zero-order valence-corrected chi connectivity index (χ0v) is 19.4. The van der Waals surface area contributed by atoms with E-state index in [0.29, 0.717) is 40.1 Å². The van der Waals surface area contributed by atoms with Crippen molar-refractivity contribution in [2.45, 2.75) is 32.8 Å². The van der Waals surface area contributed by atoms with Gasteiger partial charge in [-0.15, -0.1) is 0 Å². The highest BCUT2D eigenvalue weighted by molar-refractivity contribution is 6.36. The Hall–Kier alpha value is -2.77. The van der Waals surface area contributed by atoms with Crippen LogP contribution < -0.4 is 15.0 Å². The van der Waals surface area contributed by atoms with Crippen molar-refractivity contribution in [3.63, 3.8) is 0 Å². The fourth-order valence-electron chi connectivity index (χ4n) is 3.47. The summed E-state index contributed by atoms with van der Waals surface area (Å²) in [5.74, 6) is -0.170. The van der Waals surface area contributed by atoms with E-state index in [1.807, 2.05) is 19.1 Å². The number of nitrogens with one attached hydrogen (secondary N) is 1. The fraction of sp³-hybridized carbons (Fsp3) is 0.348. The number of benzene rings is 2. The molecule has 170 valence electrons. The molecule has 0 bridgehead atoms. The van der Waals surface area contributed by atoms with Crippen LogP contribution in [0.3, 0.4) is 0 Å². The molecule has 0 radical (unpaired) electrons. The Bertz CT molecular complexity index is 1010. The van der Waals surface area contributed by atoms with Crippen molar-refractivity contribution in [1.82, 2.24) is 4.90 Å². The van der Waals surface area contributed by atoms with Gasteiger partial charge in [0.2, 0.25) is 11.8 Å². The first-order valence-electron chi connectivity index (χ1n) is 10.4. The molecule has 0 saturated heterocycles. The molecule has 32 heavy (non-hydrogen) atoms. The minimum absolute atomic E-state index is 0.0851. The molecule has 1 unspecified atom stereocenters. The fourth-order valence-corrected chi connectivity index (χ4v) is 3.93. The Balaban J connectivity index is 1.64. The van der Waals surface area contributed by atoms with Crippen molar-refractivity contribution in [3.8, 4) is 5.75 Å². The number of ether oxygens (including phenoxy) is 1. The minimum atomic E-state index is -0.623. The molecule has 0 aromatic heterocycles. The van der Waals surface area contributed by atoms with Crippen LogP contribution in [0.2, 0.25) is 10.0 Å². The number of carbonyl (C=O) groups is 3. The maximum atomic E-state index is 12.9. The minimum Gasteiger partial charge on any atom is -0.479 e. The molecule has 3 amide bonds. The normalized spacial score (nSPS) is 15.1. The molecule has 2 aromatic rings. The lowest BCUT2D eigenvalue weighted by Gasteiger charge is -2.33. The van der Waals surface area contributed by atoms with Crippen LogP contribution in [0, 0.1) is 0 Å². The van der Waals surface area contributed by atoms with E-state index >= 15 is 0 Å². The number of para-hydroxylation sites is 2. The van der Waals surface area contributed by atoms with Gasteiger partial charge in [0.05, 0.1) is 22.9 Å². The number of carbonyl (C=O) groups excluding carboxylic acids is 3. The smallest absolute Gasteiger partial charge is 0.267 e. The molecule has 9 heteroatoms. The van der Waals surface area contributed by atoms with Crippen molar-refractivity contribution in [3.05, 3.63) is 52.5 Å². The number of rotatable bonds is 8. The van der Waals surface area contributed by atoms with Crippen molar-refractivity contribution in [2.24, 2.45) is 0 Å². The third-order valence-corrected chi connectivity index (χ3v) is 5.56. The summed E-state index contributed by atoms with van der Waals surface area (Å²) in [5, 5.41) is 3.49. The molecule has 1 aliphatic heterocycles. The van der Waals surface area contributed by atoms with E-state index in [1.165, 1.54) is 11.0 Å². The van der Waals surface area contributed by atoms with E-state index in [-0.39, 0.29) is 37.2 Å². The topological polar surface area (TPSA) is 79.0 Å². The highest BCUT2D eigenvalue weighted by atomic mass is 35.5. The van der Waals surface area contributed by atoms with Gasteiger partial charge in [-0.1, -0.05) is 42.3 Å². The van der Waals surface area contributed by atoms with Crippen LogP contribution in [-0.2, 0) is 14.4 Å². The van der Waals surface area contributed by atoms with Gasteiger partial charge in [-0.2, -0.15) is 0 Å². The van der Waals surface area contributed by atoms with Crippen molar-refractivity contribution in [1.29, 1.82) is 0 Å². The number of anilines is 2. The number of halogens is 2. The second-order valence-corrected chi connectivity index (χ2v) is 8.30. The Morgan fingerprint density at radius 2 is 1.94 bits per heavy atom. The third kappa shape index (κ3) is 5.72. The zero-order chi connectivity index (χ0) is 23.3. The summed E-state index contributed by atoms with van der Waals surface area (Å²) in [4.78, 5) is 41.1. The molecule has 1 N–H and O–H groups in total. The van der Waals surface area contributed by atoms with Gasteiger partial charge in [0.25, 0.3) is 5.91 Å². The highest BCUT2D eigenvalue weighted by Crippen LogP contribution is 2.33. The summed E-state index contributed by atoms with van der Waals surface area (Å²) in [6, 6.07) is 12.0. The molecule has 0 aliphatic carbocycles. The molecule has 1 aliphatic rings. The van der Waals surface area contributed by atoms with E-state index in [4.69, 9.17) is 27.9 Å². The van der Waals surface area contributed by atoms with Gasteiger partial charge in [0.1, 0.15) is 5.75 Å². The van der Waals surface area contributed by atoms with Crippen LogP contribution in [0.5, 0.6) is 5.75 Å². The van der Waals surface area contributed by atoms with Crippen LogP contribution in [0.1, 0.15) is 26.7 Å². The Labute approximate surface area is 197 Å². The molecule has 1 atom stereocenters. The van der Waals surface area contributed by atoms with Crippen LogP contribution >= 0.6 is 23.2 Å². The van der Waals surface area contributed by atoms with Crippen LogP contribution in [0.15, 0.2) is 42.5 Å². The number of nitrogens with zero attached hydrogens (tertiary/aromatic N) is 2. The Morgan fingerprint density at radius 3 is 2.66 bits per heavy atom. The van der Waals surface area contributed by atoms with Gasteiger partial charge < -0.3 is 19.9 Å². The largest absolute Gasteiger partial charge is 0.479 e. The van der Waals surface area contributed by atoms with Crippen LogP contribution in [0.4, 0.5) is 11.4 Å². The lowest BCUT2D eigenvalue weighted by molar-refractivity contribution is -0.134. The summed E-state index contributed by atoms with van der Waals surface area (Å²) < 4.78 is 5.63. The van der Waals surface area contributed by atoms with Gasteiger partial charge >= 0.3 is 0 Å². The molecular weight excluding hydrogens is 453 g/mol. The molecule has 3 rings (SSSR count). The maximum absolute atomic E-state index is 12.9. The maximum Gasteiger partial charge on any atom is 0.267 e. The average Bonchev–Trinajstić information content (AvgIpc) is 2.75. The van der Waals surface area contributed by atoms with Gasteiger partial charge in [-0.25, -0.2) is 0 Å². The zero-order valence-electron chi connectivity index (χ0n) is 17.9. The summed E-state index contributed by atoms with van der Waals surface area (Å²) >= 11 is 12.0.